The number of rotatable bonds is 3. The summed E-state index contributed by atoms with van der Waals surface area (Å²) in [5, 5.41) is 26.1. The first-order valence-corrected chi connectivity index (χ1v) is 19.2. The maximum atomic E-state index is 16.7. The lowest BCUT2D eigenvalue weighted by Gasteiger charge is -2.23. The van der Waals surface area contributed by atoms with E-state index in [2.05, 4.69) is 12.1 Å². The largest absolute Gasteiger partial charge is 0.456 e. The van der Waals surface area contributed by atoms with E-state index in [1.165, 1.54) is 18.2 Å². The minimum Gasteiger partial charge on any atom is -0.456 e. The fraction of sp³-hybridized carbons (Fsp3) is 0.0196. The van der Waals surface area contributed by atoms with Gasteiger partial charge in [0.05, 0.1) is 67.5 Å². The van der Waals surface area contributed by atoms with Gasteiger partial charge in [0, 0.05) is 32.3 Å². The normalized spacial score (nSPS) is 12.2. The lowest BCUT2D eigenvalue weighted by molar-refractivity contribution is -0.137. The molecule has 12 rings (SSSR count). The molecule has 4 aromatic heterocycles. The Balaban J connectivity index is 1.35. The standard InChI is InChI=1S/C51H25F3N4O2/c52-51(53,54)48-40(57-38-13-5-1-9-32(38)34-17-19-44-46(49(34)57)36-11-3-7-15-42(36)59-44)24-31(30-22-28(26-55)21-29(23-30)27-56)25-41(48)58-39-14-6-2-10-33(39)35-18-20-45-47(50(35)58)37-12-4-8-16-43(37)60-45/h1-25H. The predicted octanol–water partition coefficient (Wildman–Crippen LogP) is 14.1. The first-order chi connectivity index (χ1) is 29.3. The van der Waals surface area contributed by atoms with Gasteiger partial charge in [0.15, 0.2) is 0 Å². The van der Waals surface area contributed by atoms with Crippen molar-refractivity contribution >= 4 is 87.5 Å². The van der Waals surface area contributed by atoms with Gasteiger partial charge in [-0.3, -0.25) is 0 Å². The van der Waals surface area contributed by atoms with Crippen molar-refractivity contribution in [1.82, 2.24) is 9.13 Å². The SMILES string of the molecule is N#Cc1cc(C#N)cc(-c2cc(-n3c4ccccc4c4ccc5oc6ccccc6c5c43)c(C(F)(F)F)c(-n3c4ccccc4c4ccc5oc6ccccc6c5c43)c2)c1. The number of fused-ring (bicyclic) bond motifs is 14. The van der Waals surface area contributed by atoms with E-state index in [4.69, 9.17) is 8.83 Å². The number of aromatic nitrogens is 2. The van der Waals surface area contributed by atoms with Crippen molar-refractivity contribution in [2.45, 2.75) is 6.18 Å². The Hall–Kier alpha value is -8.27. The summed E-state index contributed by atoms with van der Waals surface area (Å²) in [6.07, 6.45) is -4.91. The molecular weight excluding hydrogens is 758 g/mol. The van der Waals surface area contributed by atoms with E-state index in [0.717, 1.165) is 32.3 Å². The Labute approximate surface area is 337 Å². The maximum absolute atomic E-state index is 16.7. The molecule has 12 aromatic rings. The molecule has 0 aliphatic carbocycles. The molecule has 0 aliphatic rings. The van der Waals surface area contributed by atoms with E-state index >= 15 is 13.2 Å². The van der Waals surface area contributed by atoms with Crippen LogP contribution in [0.1, 0.15) is 16.7 Å². The summed E-state index contributed by atoms with van der Waals surface area (Å²) >= 11 is 0. The maximum Gasteiger partial charge on any atom is 0.420 e. The van der Waals surface area contributed by atoms with Crippen LogP contribution >= 0.6 is 0 Å². The second-order valence-corrected chi connectivity index (χ2v) is 15.0. The second kappa shape index (κ2) is 12.1. The molecule has 0 unspecified atom stereocenters. The Morgan fingerprint density at radius 2 is 0.850 bits per heavy atom. The Morgan fingerprint density at radius 1 is 0.433 bits per heavy atom. The molecule has 8 aromatic carbocycles. The molecule has 0 fully saturated rings. The highest BCUT2D eigenvalue weighted by atomic mass is 19.4. The molecule has 4 heterocycles. The quantitative estimate of drug-likeness (QED) is 0.179. The number of nitrogens with zero attached hydrogens (tertiary/aromatic N) is 4. The zero-order valence-electron chi connectivity index (χ0n) is 31.2. The van der Waals surface area contributed by atoms with Crippen molar-refractivity contribution in [3.05, 3.63) is 168 Å². The molecule has 0 bridgehead atoms. The van der Waals surface area contributed by atoms with Gasteiger partial charge < -0.3 is 18.0 Å². The highest BCUT2D eigenvalue weighted by Crippen LogP contribution is 2.49. The number of alkyl halides is 3. The molecule has 0 amide bonds. The summed E-state index contributed by atoms with van der Waals surface area (Å²) in [4.78, 5) is 0. The van der Waals surface area contributed by atoms with Crippen LogP contribution in [0, 0.1) is 22.7 Å². The molecule has 6 nitrogen and oxygen atoms in total. The molecule has 9 heteroatoms. The van der Waals surface area contributed by atoms with Gasteiger partial charge in [-0.2, -0.15) is 23.7 Å². The third-order valence-electron chi connectivity index (χ3n) is 11.7. The summed E-state index contributed by atoms with van der Waals surface area (Å²) in [7, 11) is 0. The minimum absolute atomic E-state index is 0.130. The van der Waals surface area contributed by atoms with E-state index in [1.807, 2.05) is 121 Å². The zero-order valence-corrected chi connectivity index (χ0v) is 31.2. The number of nitriles is 2. The van der Waals surface area contributed by atoms with Crippen molar-refractivity contribution in [3.8, 4) is 34.6 Å². The van der Waals surface area contributed by atoms with Crippen LogP contribution in [0.2, 0.25) is 0 Å². The van der Waals surface area contributed by atoms with E-state index in [9.17, 15) is 10.5 Å². The number of furan rings is 2. The molecule has 0 aliphatic heterocycles. The first-order valence-electron chi connectivity index (χ1n) is 19.2. The van der Waals surface area contributed by atoms with Crippen LogP contribution < -0.4 is 0 Å². The van der Waals surface area contributed by atoms with E-state index in [1.54, 1.807) is 21.3 Å². The highest BCUT2D eigenvalue weighted by molar-refractivity contribution is 6.26. The van der Waals surface area contributed by atoms with Gasteiger partial charge in [0.2, 0.25) is 0 Å². The lowest BCUT2D eigenvalue weighted by Crippen LogP contribution is -2.16. The molecule has 0 saturated carbocycles. The van der Waals surface area contributed by atoms with Gasteiger partial charge in [-0.1, -0.05) is 72.8 Å². The Kier molecular flexibility index (Phi) is 6.84. The van der Waals surface area contributed by atoms with Gasteiger partial charge in [-0.15, -0.1) is 0 Å². The third kappa shape index (κ3) is 4.63. The van der Waals surface area contributed by atoms with Crippen molar-refractivity contribution in [1.29, 1.82) is 10.5 Å². The van der Waals surface area contributed by atoms with Gasteiger partial charge in [0.25, 0.3) is 0 Å². The van der Waals surface area contributed by atoms with Crippen LogP contribution in [0.3, 0.4) is 0 Å². The van der Waals surface area contributed by atoms with Crippen LogP contribution in [-0.2, 0) is 6.18 Å². The summed E-state index contributed by atoms with van der Waals surface area (Å²) in [5.74, 6) is 0. The Bertz CT molecular complexity index is 3680. The number of hydrogen-bond donors (Lipinski definition) is 0. The van der Waals surface area contributed by atoms with Crippen LogP contribution in [0.25, 0.3) is 110 Å². The predicted molar refractivity (Wildman–Crippen MR) is 230 cm³/mol. The van der Waals surface area contributed by atoms with E-state index < -0.39 is 11.7 Å². The fourth-order valence-corrected chi connectivity index (χ4v) is 9.38. The molecule has 282 valence electrons. The lowest BCUT2D eigenvalue weighted by atomic mass is 9.96. The van der Waals surface area contributed by atoms with Crippen LogP contribution in [0.4, 0.5) is 13.2 Å². The molecular formula is C51H25F3N4O2. The van der Waals surface area contributed by atoms with Gasteiger partial charge in [-0.05, 0) is 90.0 Å². The highest BCUT2D eigenvalue weighted by Gasteiger charge is 2.40. The summed E-state index contributed by atoms with van der Waals surface area (Å²) in [6, 6.07) is 49.6. The smallest absolute Gasteiger partial charge is 0.420 e. The first kappa shape index (κ1) is 33.8. The van der Waals surface area contributed by atoms with E-state index in [0.29, 0.717) is 66.3 Å². The van der Waals surface area contributed by atoms with E-state index in [-0.39, 0.29) is 22.5 Å². The number of halogens is 3. The van der Waals surface area contributed by atoms with Crippen molar-refractivity contribution in [2.75, 3.05) is 0 Å². The summed E-state index contributed by atoms with van der Waals surface area (Å²) < 4.78 is 66.3. The second-order valence-electron chi connectivity index (χ2n) is 15.0. The van der Waals surface area contributed by atoms with Crippen LogP contribution in [0.15, 0.2) is 160 Å². The zero-order chi connectivity index (χ0) is 40.4. The summed E-state index contributed by atoms with van der Waals surface area (Å²) in [5.41, 5.74) is 4.62. The van der Waals surface area contributed by atoms with Crippen LogP contribution in [0.5, 0.6) is 0 Å². The molecule has 0 spiro atoms. The molecule has 0 radical (unpaired) electrons. The average Bonchev–Trinajstić information content (AvgIpc) is 4.02. The topological polar surface area (TPSA) is 83.7 Å². The number of para-hydroxylation sites is 4. The molecule has 0 saturated heterocycles. The fourth-order valence-electron chi connectivity index (χ4n) is 9.38. The molecule has 0 N–H and O–H groups in total. The molecule has 60 heavy (non-hydrogen) atoms. The third-order valence-corrected chi connectivity index (χ3v) is 11.7. The minimum atomic E-state index is -4.91. The van der Waals surface area contributed by atoms with Crippen molar-refractivity contribution in [2.24, 2.45) is 0 Å². The number of benzene rings is 8. The van der Waals surface area contributed by atoms with Crippen LogP contribution in [-0.4, -0.2) is 9.13 Å². The van der Waals surface area contributed by atoms with Crippen molar-refractivity contribution in [3.63, 3.8) is 0 Å². The molecule has 0 atom stereocenters. The van der Waals surface area contributed by atoms with Gasteiger partial charge >= 0.3 is 6.18 Å². The van der Waals surface area contributed by atoms with Crippen molar-refractivity contribution < 1.29 is 22.0 Å². The summed E-state index contributed by atoms with van der Waals surface area (Å²) in [6.45, 7) is 0. The Morgan fingerprint density at radius 3 is 1.30 bits per heavy atom. The average molecular weight is 783 g/mol. The monoisotopic (exact) mass is 782 g/mol. The number of hydrogen-bond acceptors (Lipinski definition) is 4. The van der Waals surface area contributed by atoms with Gasteiger partial charge in [-0.25, -0.2) is 0 Å². The van der Waals surface area contributed by atoms with Gasteiger partial charge in [0.1, 0.15) is 27.9 Å².